The van der Waals surface area contributed by atoms with Crippen molar-refractivity contribution in [3.05, 3.63) is 6.20 Å². The molecule has 0 fully saturated rings. The topological polar surface area (TPSA) is 54.2 Å². The van der Waals surface area contributed by atoms with Gasteiger partial charge in [0.15, 0.2) is 5.13 Å². The highest BCUT2D eigenvalue weighted by atomic mass is 32.1. The molecule has 4 nitrogen and oxygen atoms in total. The third-order valence-corrected chi connectivity index (χ3v) is 3.19. The van der Waals surface area contributed by atoms with Gasteiger partial charge >= 0.3 is 0 Å². The molecule has 3 N–H and O–H groups in total. The van der Waals surface area contributed by atoms with Crippen molar-refractivity contribution in [3.8, 4) is 0 Å². The summed E-state index contributed by atoms with van der Waals surface area (Å²) in [7, 11) is 4.13. The highest BCUT2D eigenvalue weighted by Gasteiger charge is 2.20. The van der Waals surface area contributed by atoms with E-state index >= 15 is 0 Å². The van der Waals surface area contributed by atoms with Gasteiger partial charge in [0.25, 0.3) is 0 Å². The first-order valence-electron chi connectivity index (χ1n) is 4.54. The van der Waals surface area contributed by atoms with Gasteiger partial charge in [-0.15, -0.1) is 0 Å². The van der Waals surface area contributed by atoms with E-state index in [4.69, 9.17) is 5.73 Å². The lowest BCUT2D eigenvalue weighted by atomic mass is 10.1. The van der Waals surface area contributed by atoms with Crippen molar-refractivity contribution in [1.29, 1.82) is 0 Å². The molecule has 0 unspecified atom stereocenters. The van der Waals surface area contributed by atoms with Crippen LogP contribution in [0.4, 0.5) is 10.1 Å². The van der Waals surface area contributed by atoms with Crippen LogP contribution in [0.3, 0.4) is 0 Å². The molecule has 1 aromatic heterocycles. The van der Waals surface area contributed by atoms with E-state index in [1.54, 1.807) is 6.20 Å². The molecule has 0 amide bonds. The second-order valence-electron chi connectivity index (χ2n) is 4.13. The predicted molar refractivity (Wildman–Crippen MR) is 62.8 cm³/mol. The maximum absolute atomic E-state index is 5.58. The van der Waals surface area contributed by atoms with Crippen molar-refractivity contribution in [3.63, 3.8) is 0 Å². The number of anilines is 2. The van der Waals surface area contributed by atoms with E-state index in [2.05, 4.69) is 43.1 Å². The summed E-state index contributed by atoms with van der Waals surface area (Å²) in [6, 6.07) is 0. The number of nitrogens with two attached hydrogens (primary N) is 1. The molecule has 14 heavy (non-hydrogen) atoms. The van der Waals surface area contributed by atoms with Gasteiger partial charge in [-0.25, -0.2) is 4.98 Å². The van der Waals surface area contributed by atoms with Gasteiger partial charge in [0, 0.05) is 12.1 Å². The summed E-state index contributed by atoms with van der Waals surface area (Å²) < 4.78 is 0. The average Bonchev–Trinajstić information content (AvgIpc) is 2.48. The highest BCUT2D eigenvalue weighted by Crippen LogP contribution is 2.20. The lowest BCUT2D eigenvalue weighted by Crippen LogP contribution is -2.44. The molecule has 0 radical (unpaired) electrons. The third-order valence-electron chi connectivity index (χ3n) is 2.41. The van der Waals surface area contributed by atoms with E-state index < -0.39 is 0 Å². The summed E-state index contributed by atoms with van der Waals surface area (Å²) >= 11 is 1.48. The molecule has 5 heteroatoms. The number of hydrogen-bond donors (Lipinski definition) is 2. The second kappa shape index (κ2) is 4.14. The molecule has 1 heterocycles. The first kappa shape index (κ1) is 11.3. The first-order chi connectivity index (χ1) is 6.42. The van der Waals surface area contributed by atoms with Gasteiger partial charge in [-0.05, 0) is 27.9 Å². The quantitative estimate of drug-likeness (QED) is 0.797. The van der Waals surface area contributed by atoms with E-state index in [1.807, 2.05) is 0 Å². The van der Waals surface area contributed by atoms with Crippen molar-refractivity contribution in [2.75, 3.05) is 31.7 Å². The van der Waals surface area contributed by atoms with E-state index in [-0.39, 0.29) is 5.54 Å². The monoisotopic (exact) mass is 214 g/mol. The normalized spacial score (nSPS) is 12.1. The van der Waals surface area contributed by atoms with Crippen molar-refractivity contribution < 1.29 is 0 Å². The van der Waals surface area contributed by atoms with Crippen LogP contribution in [0.15, 0.2) is 6.20 Å². The fourth-order valence-corrected chi connectivity index (χ4v) is 1.40. The molecule has 80 valence electrons. The van der Waals surface area contributed by atoms with E-state index in [1.165, 1.54) is 11.3 Å². The van der Waals surface area contributed by atoms with E-state index in [0.717, 1.165) is 16.7 Å². The van der Waals surface area contributed by atoms with Crippen LogP contribution in [0.2, 0.25) is 0 Å². The number of likely N-dealkylation sites (N-methyl/N-ethyl adjacent to an activating group) is 1. The minimum Gasteiger partial charge on any atom is -0.389 e. The number of nitrogens with one attached hydrogen (secondary N) is 1. The van der Waals surface area contributed by atoms with Gasteiger partial charge in [-0.2, -0.15) is 0 Å². The van der Waals surface area contributed by atoms with Crippen LogP contribution in [0.1, 0.15) is 13.8 Å². The number of nitrogen functional groups attached to an aromatic ring is 1. The van der Waals surface area contributed by atoms with Crippen LogP contribution >= 0.6 is 11.3 Å². The zero-order valence-electron chi connectivity index (χ0n) is 9.16. The molecule has 0 spiro atoms. The largest absolute Gasteiger partial charge is 0.389 e. The Bertz CT molecular complexity index is 293. The number of hydrogen-bond acceptors (Lipinski definition) is 5. The summed E-state index contributed by atoms with van der Waals surface area (Å²) in [5.74, 6) is 0. The van der Waals surface area contributed by atoms with Crippen LogP contribution < -0.4 is 11.1 Å². The van der Waals surface area contributed by atoms with Crippen molar-refractivity contribution in [2.24, 2.45) is 0 Å². The molecule has 0 aliphatic heterocycles. The zero-order valence-corrected chi connectivity index (χ0v) is 9.98. The van der Waals surface area contributed by atoms with Gasteiger partial charge in [-0.1, -0.05) is 11.3 Å². The van der Waals surface area contributed by atoms with E-state index in [9.17, 15) is 0 Å². The van der Waals surface area contributed by atoms with Gasteiger partial charge in [-0.3, -0.25) is 0 Å². The Morgan fingerprint density at radius 2 is 2.21 bits per heavy atom. The number of nitrogens with zero attached hydrogens (tertiary/aromatic N) is 2. The summed E-state index contributed by atoms with van der Waals surface area (Å²) in [5, 5.41) is 4.90. The fourth-order valence-electron chi connectivity index (χ4n) is 0.818. The molecule has 0 aromatic carbocycles. The number of aromatic nitrogens is 1. The molecular weight excluding hydrogens is 196 g/mol. The minimum atomic E-state index is 0.112. The SMILES string of the molecule is CN(C)C(C)(C)CNc1ncc(N)s1. The fraction of sp³-hybridized carbons (Fsp3) is 0.667. The van der Waals surface area contributed by atoms with Gasteiger partial charge < -0.3 is 16.0 Å². The molecule has 0 atom stereocenters. The summed E-state index contributed by atoms with van der Waals surface area (Å²) in [6.07, 6.45) is 1.68. The maximum Gasteiger partial charge on any atom is 0.184 e. The van der Waals surface area contributed by atoms with Crippen molar-refractivity contribution >= 4 is 21.5 Å². The van der Waals surface area contributed by atoms with Gasteiger partial charge in [0.2, 0.25) is 0 Å². The van der Waals surface area contributed by atoms with Crippen LogP contribution in [0, 0.1) is 0 Å². The lowest BCUT2D eigenvalue weighted by Gasteiger charge is -2.32. The number of thiazole rings is 1. The second-order valence-corrected chi connectivity index (χ2v) is 5.19. The molecule has 1 aromatic rings. The molecule has 0 saturated heterocycles. The van der Waals surface area contributed by atoms with Gasteiger partial charge in [0.1, 0.15) is 5.00 Å². The van der Waals surface area contributed by atoms with Crippen molar-refractivity contribution in [2.45, 2.75) is 19.4 Å². The Balaban J connectivity index is 2.48. The van der Waals surface area contributed by atoms with Crippen molar-refractivity contribution in [1.82, 2.24) is 9.88 Å². The minimum absolute atomic E-state index is 0.112. The zero-order chi connectivity index (χ0) is 10.8. The summed E-state index contributed by atoms with van der Waals surface area (Å²) in [4.78, 5) is 6.32. The molecule has 0 aliphatic carbocycles. The van der Waals surface area contributed by atoms with Crippen LogP contribution in [0.5, 0.6) is 0 Å². The number of rotatable bonds is 4. The molecular formula is C9H18N4S. The summed E-state index contributed by atoms with van der Waals surface area (Å²) in [6.45, 7) is 5.21. The standard InChI is InChI=1S/C9H18N4S/c1-9(2,13(3)4)6-12-8-11-5-7(10)14-8/h5H,6,10H2,1-4H3,(H,11,12). The smallest absolute Gasteiger partial charge is 0.184 e. The molecule has 1 rings (SSSR count). The lowest BCUT2D eigenvalue weighted by molar-refractivity contribution is 0.210. The Kier molecular flexibility index (Phi) is 3.34. The first-order valence-corrected chi connectivity index (χ1v) is 5.36. The average molecular weight is 214 g/mol. The van der Waals surface area contributed by atoms with Crippen LogP contribution in [-0.4, -0.2) is 36.1 Å². The molecule has 0 aliphatic rings. The van der Waals surface area contributed by atoms with Crippen LogP contribution in [0.25, 0.3) is 0 Å². The van der Waals surface area contributed by atoms with Gasteiger partial charge in [0.05, 0.1) is 6.20 Å². The Hall–Kier alpha value is -0.810. The Morgan fingerprint density at radius 3 is 2.64 bits per heavy atom. The predicted octanol–water partition coefficient (Wildman–Crippen LogP) is 1.48. The Morgan fingerprint density at radius 1 is 1.57 bits per heavy atom. The third kappa shape index (κ3) is 2.85. The Labute approximate surface area is 89.1 Å². The molecule has 0 saturated carbocycles. The maximum atomic E-state index is 5.58. The van der Waals surface area contributed by atoms with Crippen LogP contribution in [-0.2, 0) is 0 Å². The molecule has 0 bridgehead atoms. The van der Waals surface area contributed by atoms with E-state index in [0.29, 0.717) is 0 Å². The summed E-state index contributed by atoms with van der Waals surface area (Å²) in [5.41, 5.74) is 5.69. The highest BCUT2D eigenvalue weighted by molar-refractivity contribution is 7.19.